The zero-order valence-corrected chi connectivity index (χ0v) is 19.4. The molecule has 0 spiro atoms. The summed E-state index contributed by atoms with van der Waals surface area (Å²) in [4.78, 5) is 19.3. The third kappa shape index (κ3) is 4.20. The number of hydrogen-bond donors (Lipinski definition) is 0. The highest BCUT2D eigenvalue weighted by molar-refractivity contribution is 5.88. The summed E-state index contributed by atoms with van der Waals surface area (Å²) < 4.78 is 7.98. The van der Waals surface area contributed by atoms with Crippen molar-refractivity contribution in [2.45, 2.75) is 45.6 Å². The van der Waals surface area contributed by atoms with Crippen molar-refractivity contribution >= 4 is 16.7 Å². The van der Waals surface area contributed by atoms with Gasteiger partial charge in [-0.2, -0.15) is 5.26 Å². The van der Waals surface area contributed by atoms with Crippen LogP contribution >= 0.6 is 0 Å². The zero-order valence-electron chi connectivity index (χ0n) is 19.4. The van der Waals surface area contributed by atoms with E-state index in [1.807, 2.05) is 6.07 Å². The van der Waals surface area contributed by atoms with Gasteiger partial charge in [0.25, 0.3) is 5.56 Å². The lowest BCUT2D eigenvalue weighted by molar-refractivity contribution is 0.121. The van der Waals surface area contributed by atoms with Crippen LogP contribution in [-0.2, 0) is 12.5 Å². The molecule has 0 aliphatic carbocycles. The van der Waals surface area contributed by atoms with E-state index in [4.69, 9.17) is 4.74 Å². The Hall–Kier alpha value is -3.33. The Bertz CT molecular complexity index is 1250. The normalized spacial score (nSPS) is 19.1. The van der Waals surface area contributed by atoms with Crippen LogP contribution in [0.3, 0.4) is 0 Å². The van der Waals surface area contributed by atoms with Crippen molar-refractivity contribution in [3.8, 4) is 11.8 Å². The molecule has 1 aliphatic rings. The maximum Gasteiger partial charge on any atom is 0.252 e. The van der Waals surface area contributed by atoms with E-state index in [9.17, 15) is 10.1 Å². The fraction of sp³-hybridized carbons (Fsp3) is 0.423. The Morgan fingerprint density at radius 1 is 1.19 bits per heavy atom. The van der Waals surface area contributed by atoms with Gasteiger partial charge in [-0.05, 0) is 35.2 Å². The predicted octanol–water partition coefficient (Wildman–Crippen LogP) is 4.40. The van der Waals surface area contributed by atoms with Crippen LogP contribution in [0.15, 0.2) is 47.3 Å². The van der Waals surface area contributed by atoms with Crippen molar-refractivity contribution < 1.29 is 4.74 Å². The molecule has 166 valence electrons. The molecular weight excluding hydrogens is 400 g/mol. The summed E-state index contributed by atoms with van der Waals surface area (Å²) in [6.45, 7) is 10.3. The van der Waals surface area contributed by atoms with Gasteiger partial charge in [-0.15, -0.1) is 0 Å². The Morgan fingerprint density at radius 2 is 1.97 bits per heavy atom. The molecule has 6 nitrogen and oxygen atoms in total. The molecule has 0 N–H and O–H groups in total. The van der Waals surface area contributed by atoms with Gasteiger partial charge in [0.1, 0.15) is 29.1 Å². The fourth-order valence-electron chi connectivity index (χ4n) is 4.34. The Balaban J connectivity index is 1.58. The second-order valence-electron chi connectivity index (χ2n) is 9.75. The smallest absolute Gasteiger partial charge is 0.252 e. The first-order valence-corrected chi connectivity index (χ1v) is 11.1. The van der Waals surface area contributed by atoms with Crippen LogP contribution in [0.2, 0.25) is 0 Å². The number of piperidine rings is 1. The van der Waals surface area contributed by atoms with Crippen LogP contribution in [0.25, 0.3) is 11.0 Å². The Kier molecular flexibility index (Phi) is 5.68. The maximum absolute atomic E-state index is 12.6. The molecule has 1 fully saturated rings. The number of ether oxygens (including phenoxy) is 1. The van der Waals surface area contributed by atoms with Gasteiger partial charge in [0.2, 0.25) is 0 Å². The SMILES string of the molecule is C[C@H]1CN(c2cc(=O)n(C)c3ccc(C#N)nc23)CC[C@@H]1Oc1cccc(C(C)(C)C)c1. The molecule has 2 atom stereocenters. The summed E-state index contributed by atoms with van der Waals surface area (Å²) in [5, 5.41) is 9.30. The largest absolute Gasteiger partial charge is 0.490 e. The standard InChI is InChI=1S/C26H30N4O2/c1-17-16-30(12-11-23(17)32-20-8-6-7-18(13-20)26(2,3)4)22-14-24(31)29(5)21-10-9-19(15-27)28-25(21)22/h6-10,13-14,17,23H,11-12,16H2,1-5H3/t17-,23-/m0/s1. The molecule has 0 amide bonds. The number of nitrogens with zero attached hydrogens (tertiary/aromatic N) is 4. The second kappa shape index (κ2) is 8.31. The van der Waals surface area contributed by atoms with Gasteiger partial charge in [-0.3, -0.25) is 4.79 Å². The average Bonchev–Trinajstić information content (AvgIpc) is 2.77. The van der Waals surface area contributed by atoms with Gasteiger partial charge >= 0.3 is 0 Å². The number of rotatable bonds is 3. The fourth-order valence-corrected chi connectivity index (χ4v) is 4.34. The lowest BCUT2D eigenvalue weighted by Gasteiger charge is -2.38. The summed E-state index contributed by atoms with van der Waals surface area (Å²) in [6.07, 6.45) is 0.942. The second-order valence-corrected chi connectivity index (χ2v) is 9.75. The molecule has 32 heavy (non-hydrogen) atoms. The van der Waals surface area contributed by atoms with Crippen LogP contribution in [-0.4, -0.2) is 28.7 Å². The van der Waals surface area contributed by atoms with E-state index in [2.05, 4.69) is 61.8 Å². The average molecular weight is 431 g/mol. The van der Waals surface area contributed by atoms with Crippen LogP contribution in [0.5, 0.6) is 5.75 Å². The van der Waals surface area contributed by atoms with Gasteiger partial charge in [0, 0.05) is 38.5 Å². The van der Waals surface area contributed by atoms with Gasteiger partial charge in [-0.1, -0.05) is 39.8 Å². The van der Waals surface area contributed by atoms with Crippen LogP contribution < -0.4 is 15.2 Å². The van der Waals surface area contributed by atoms with E-state index in [0.29, 0.717) is 11.2 Å². The minimum Gasteiger partial charge on any atom is -0.490 e. The molecule has 1 aliphatic heterocycles. The molecule has 1 saturated heterocycles. The van der Waals surface area contributed by atoms with Crippen LogP contribution in [0.1, 0.15) is 45.4 Å². The minimum absolute atomic E-state index is 0.0736. The van der Waals surface area contributed by atoms with Gasteiger partial charge in [0.05, 0.1) is 11.2 Å². The first kappa shape index (κ1) is 21.9. The molecule has 1 aromatic carbocycles. The van der Waals surface area contributed by atoms with Gasteiger partial charge in [-0.25, -0.2) is 4.98 Å². The monoisotopic (exact) mass is 430 g/mol. The van der Waals surface area contributed by atoms with E-state index < -0.39 is 0 Å². The molecule has 4 rings (SSSR count). The molecule has 0 bridgehead atoms. The molecule has 2 aromatic heterocycles. The minimum atomic E-state index is -0.0796. The third-order valence-corrected chi connectivity index (χ3v) is 6.34. The number of aryl methyl sites for hydroxylation is 1. The molecule has 3 heterocycles. The van der Waals surface area contributed by atoms with E-state index in [1.54, 1.807) is 29.8 Å². The van der Waals surface area contributed by atoms with Crippen LogP contribution in [0.4, 0.5) is 5.69 Å². The van der Waals surface area contributed by atoms with Gasteiger partial charge in [0.15, 0.2) is 0 Å². The number of pyridine rings is 2. The van der Waals surface area contributed by atoms with E-state index in [1.165, 1.54) is 5.56 Å². The summed E-state index contributed by atoms with van der Waals surface area (Å²) in [5.74, 6) is 1.17. The number of nitriles is 1. The molecule has 0 unspecified atom stereocenters. The topological polar surface area (TPSA) is 71.2 Å². The quantitative estimate of drug-likeness (QED) is 0.616. The predicted molar refractivity (Wildman–Crippen MR) is 127 cm³/mol. The van der Waals surface area contributed by atoms with Crippen molar-refractivity contribution in [1.82, 2.24) is 9.55 Å². The highest BCUT2D eigenvalue weighted by Gasteiger charge is 2.29. The molecule has 6 heteroatoms. The highest BCUT2D eigenvalue weighted by atomic mass is 16.5. The van der Waals surface area contributed by atoms with Crippen LogP contribution in [0, 0.1) is 17.2 Å². The highest BCUT2D eigenvalue weighted by Crippen LogP contribution is 2.31. The Morgan fingerprint density at radius 3 is 2.66 bits per heavy atom. The number of benzene rings is 1. The van der Waals surface area contributed by atoms with Crippen molar-refractivity contribution in [3.63, 3.8) is 0 Å². The third-order valence-electron chi connectivity index (χ3n) is 6.34. The summed E-state index contributed by atoms with van der Waals surface area (Å²) in [6, 6.07) is 15.6. The number of fused-ring (bicyclic) bond motifs is 1. The summed E-state index contributed by atoms with van der Waals surface area (Å²) in [5.41, 5.74) is 3.81. The Labute approximate surface area is 189 Å². The van der Waals surface area contributed by atoms with Crippen molar-refractivity contribution in [1.29, 1.82) is 5.26 Å². The maximum atomic E-state index is 12.6. The molecule has 3 aromatic rings. The summed E-state index contributed by atoms with van der Waals surface area (Å²) in [7, 11) is 1.73. The number of hydrogen-bond acceptors (Lipinski definition) is 5. The number of aromatic nitrogens is 2. The zero-order chi connectivity index (χ0) is 23.0. The summed E-state index contributed by atoms with van der Waals surface area (Å²) >= 11 is 0. The van der Waals surface area contributed by atoms with Crippen molar-refractivity contribution in [2.75, 3.05) is 18.0 Å². The van der Waals surface area contributed by atoms with Crippen molar-refractivity contribution in [2.24, 2.45) is 13.0 Å². The molecule has 0 radical (unpaired) electrons. The molecular formula is C26H30N4O2. The first-order chi connectivity index (χ1) is 15.2. The first-order valence-electron chi connectivity index (χ1n) is 11.1. The van der Waals surface area contributed by atoms with E-state index >= 15 is 0 Å². The van der Waals surface area contributed by atoms with Crippen molar-refractivity contribution in [3.05, 3.63) is 64.1 Å². The lowest BCUT2D eigenvalue weighted by Crippen LogP contribution is -2.45. The molecule has 0 saturated carbocycles. The van der Waals surface area contributed by atoms with E-state index in [0.717, 1.165) is 36.5 Å². The van der Waals surface area contributed by atoms with E-state index in [-0.39, 0.29) is 23.0 Å². The number of anilines is 1. The lowest BCUT2D eigenvalue weighted by atomic mass is 9.87. The van der Waals surface area contributed by atoms with Gasteiger partial charge < -0.3 is 14.2 Å².